The highest BCUT2D eigenvalue weighted by molar-refractivity contribution is 6.31. The Hall–Kier alpha value is -3.86. The van der Waals surface area contributed by atoms with Gasteiger partial charge in [0.15, 0.2) is 0 Å². The van der Waals surface area contributed by atoms with Crippen molar-refractivity contribution in [2.75, 3.05) is 10.6 Å². The quantitative estimate of drug-likeness (QED) is 0.264. The van der Waals surface area contributed by atoms with Gasteiger partial charge in [0.25, 0.3) is 5.91 Å². The summed E-state index contributed by atoms with van der Waals surface area (Å²) in [6.45, 7) is 0. The average Bonchev–Trinajstić information content (AvgIpc) is 2.85. The molecular weight excluding hydrogens is 465 g/mol. The second-order valence-electron chi connectivity index (χ2n) is 7.75. The van der Waals surface area contributed by atoms with Gasteiger partial charge < -0.3 is 10.6 Å². The number of halogens is 2. The molecule has 0 atom stereocenters. The molecule has 5 rings (SSSR count). The van der Waals surface area contributed by atoms with E-state index in [0.29, 0.717) is 27.1 Å². The van der Waals surface area contributed by atoms with E-state index >= 15 is 0 Å². The normalized spacial score (nSPS) is 10.8. The van der Waals surface area contributed by atoms with Crippen molar-refractivity contribution in [2.45, 2.75) is 0 Å². The van der Waals surface area contributed by atoms with Crippen LogP contribution in [-0.4, -0.2) is 10.9 Å². The second kappa shape index (κ2) is 9.56. The molecule has 5 aromatic rings. The van der Waals surface area contributed by atoms with Crippen LogP contribution >= 0.6 is 23.2 Å². The van der Waals surface area contributed by atoms with Crippen molar-refractivity contribution >= 4 is 57.2 Å². The summed E-state index contributed by atoms with van der Waals surface area (Å²) in [6, 6.07) is 32.1. The fraction of sp³-hybridized carbons (Fsp3) is 0. The number of anilines is 3. The van der Waals surface area contributed by atoms with Gasteiger partial charge in [-0.05, 0) is 77.9 Å². The van der Waals surface area contributed by atoms with Crippen LogP contribution in [0.4, 0.5) is 17.2 Å². The molecule has 0 saturated carbocycles. The number of amides is 1. The van der Waals surface area contributed by atoms with Gasteiger partial charge in [-0.15, -0.1) is 0 Å². The first-order valence-corrected chi connectivity index (χ1v) is 11.4. The molecule has 4 aromatic carbocycles. The molecule has 0 aliphatic carbocycles. The zero-order chi connectivity index (χ0) is 23.5. The lowest BCUT2D eigenvalue weighted by molar-refractivity contribution is 0.102. The number of aromatic nitrogens is 1. The van der Waals surface area contributed by atoms with Gasteiger partial charge in [-0.2, -0.15) is 0 Å². The monoisotopic (exact) mass is 483 g/mol. The van der Waals surface area contributed by atoms with Crippen LogP contribution in [0.15, 0.2) is 103 Å². The number of hydrogen-bond donors (Lipinski definition) is 2. The van der Waals surface area contributed by atoms with Crippen LogP contribution in [0, 0.1) is 0 Å². The summed E-state index contributed by atoms with van der Waals surface area (Å²) in [5.74, 6) is 0.491. The Morgan fingerprint density at radius 1 is 0.706 bits per heavy atom. The van der Waals surface area contributed by atoms with Gasteiger partial charge >= 0.3 is 0 Å². The van der Waals surface area contributed by atoms with E-state index < -0.39 is 0 Å². The SMILES string of the molecule is O=C(Nc1cccc(Cl)c1)c1ccc(Nc2cc(-c3ccccc3)c3cc(Cl)ccc3n2)cc1. The predicted molar refractivity (Wildman–Crippen MR) is 141 cm³/mol. The molecule has 0 fully saturated rings. The lowest BCUT2D eigenvalue weighted by atomic mass is 10.0. The van der Waals surface area contributed by atoms with E-state index in [4.69, 9.17) is 28.2 Å². The number of pyridine rings is 1. The Balaban J connectivity index is 1.41. The zero-order valence-corrected chi connectivity index (χ0v) is 19.4. The van der Waals surface area contributed by atoms with Crippen LogP contribution in [0.25, 0.3) is 22.0 Å². The molecule has 1 aromatic heterocycles. The molecule has 1 heterocycles. The number of hydrogen-bond acceptors (Lipinski definition) is 3. The maximum atomic E-state index is 12.6. The minimum Gasteiger partial charge on any atom is -0.340 e. The number of carbonyl (C=O) groups is 1. The molecule has 166 valence electrons. The van der Waals surface area contributed by atoms with E-state index in [9.17, 15) is 4.79 Å². The van der Waals surface area contributed by atoms with E-state index in [2.05, 4.69) is 22.8 Å². The summed E-state index contributed by atoms with van der Waals surface area (Å²) in [5.41, 5.74) is 4.96. The predicted octanol–water partition coefficient (Wildman–Crippen LogP) is 8.20. The Morgan fingerprint density at radius 2 is 1.47 bits per heavy atom. The Labute approximate surface area is 207 Å². The van der Waals surface area contributed by atoms with Crippen LogP contribution in [-0.2, 0) is 0 Å². The van der Waals surface area contributed by atoms with Crippen LogP contribution < -0.4 is 10.6 Å². The summed E-state index contributed by atoms with van der Waals surface area (Å²) in [7, 11) is 0. The van der Waals surface area contributed by atoms with Gasteiger partial charge in [0.2, 0.25) is 0 Å². The number of nitrogens with one attached hydrogen (secondary N) is 2. The molecule has 0 bridgehead atoms. The first-order chi connectivity index (χ1) is 16.5. The van der Waals surface area contributed by atoms with Crippen LogP contribution in [0.1, 0.15) is 10.4 Å². The molecule has 4 nitrogen and oxygen atoms in total. The van der Waals surface area contributed by atoms with Crippen molar-refractivity contribution in [3.05, 3.63) is 119 Å². The maximum absolute atomic E-state index is 12.6. The first kappa shape index (κ1) is 22.0. The molecule has 0 radical (unpaired) electrons. The lowest BCUT2D eigenvalue weighted by Gasteiger charge is -2.12. The highest BCUT2D eigenvalue weighted by Crippen LogP contribution is 2.32. The van der Waals surface area contributed by atoms with Gasteiger partial charge in [-0.3, -0.25) is 4.79 Å². The van der Waals surface area contributed by atoms with Crippen LogP contribution in [0.5, 0.6) is 0 Å². The summed E-state index contributed by atoms with van der Waals surface area (Å²) >= 11 is 12.3. The fourth-order valence-electron chi connectivity index (χ4n) is 3.74. The molecule has 1 amide bonds. The van der Waals surface area contributed by atoms with E-state index in [1.54, 1.807) is 36.4 Å². The number of nitrogens with zero attached hydrogens (tertiary/aromatic N) is 1. The molecule has 0 unspecified atom stereocenters. The molecule has 34 heavy (non-hydrogen) atoms. The molecule has 0 saturated heterocycles. The first-order valence-electron chi connectivity index (χ1n) is 10.6. The second-order valence-corrected chi connectivity index (χ2v) is 8.62. The van der Waals surface area contributed by atoms with Crippen molar-refractivity contribution < 1.29 is 4.79 Å². The van der Waals surface area contributed by atoms with Crippen molar-refractivity contribution in [2.24, 2.45) is 0 Å². The van der Waals surface area contributed by atoms with E-state index in [-0.39, 0.29) is 5.91 Å². The van der Waals surface area contributed by atoms with E-state index in [1.165, 1.54) is 0 Å². The van der Waals surface area contributed by atoms with Gasteiger partial charge in [0, 0.05) is 32.4 Å². The maximum Gasteiger partial charge on any atom is 0.255 e. The van der Waals surface area contributed by atoms with E-state index in [0.717, 1.165) is 27.7 Å². The molecule has 2 N–H and O–H groups in total. The fourth-order valence-corrected chi connectivity index (χ4v) is 4.10. The topological polar surface area (TPSA) is 54.0 Å². The number of benzene rings is 4. The largest absolute Gasteiger partial charge is 0.340 e. The minimum atomic E-state index is -0.208. The highest BCUT2D eigenvalue weighted by atomic mass is 35.5. The van der Waals surface area contributed by atoms with Crippen molar-refractivity contribution in [1.82, 2.24) is 4.98 Å². The molecular formula is C28H19Cl2N3O. The Kier molecular flexibility index (Phi) is 6.17. The number of rotatable bonds is 5. The molecule has 0 spiro atoms. The molecule has 0 aliphatic rings. The molecule has 6 heteroatoms. The standard InChI is InChI=1S/C28H19Cl2N3O/c29-20-7-4-8-23(15-20)32-28(34)19-9-12-22(13-10-19)31-27-17-24(18-5-2-1-3-6-18)25-16-21(30)11-14-26(25)33-27/h1-17H,(H,31,33)(H,32,34). The molecule has 0 aliphatic heterocycles. The smallest absolute Gasteiger partial charge is 0.255 e. The van der Waals surface area contributed by atoms with E-state index in [1.807, 2.05) is 54.6 Å². The highest BCUT2D eigenvalue weighted by Gasteiger charge is 2.10. The zero-order valence-electron chi connectivity index (χ0n) is 17.9. The summed E-state index contributed by atoms with van der Waals surface area (Å²) in [5, 5.41) is 8.42. The Morgan fingerprint density at radius 3 is 2.24 bits per heavy atom. The van der Waals surface area contributed by atoms with Gasteiger partial charge in [0.05, 0.1) is 5.52 Å². The van der Waals surface area contributed by atoms with Gasteiger partial charge in [-0.1, -0.05) is 59.6 Å². The van der Waals surface area contributed by atoms with Crippen molar-refractivity contribution in [3.63, 3.8) is 0 Å². The number of fused-ring (bicyclic) bond motifs is 1. The average molecular weight is 484 g/mol. The van der Waals surface area contributed by atoms with Crippen molar-refractivity contribution in [1.29, 1.82) is 0 Å². The number of carbonyl (C=O) groups excluding carboxylic acids is 1. The van der Waals surface area contributed by atoms with Crippen LogP contribution in [0.3, 0.4) is 0 Å². The summed E-state index contributed by atoms with van der Waals surface area (Å²) < 4.78 is 0. The third kappa shape index (κ3) is 4.88. The van der Waals surface area contributed by atoms with Gasteiger partial charge in [0.1, 0.15) is 5.82 Å². The third-order valence-electron chi connectivity index (χ3n) is 5.36. The summed E-state index contributed by atoms with van der Waals surface area (Å²) in [6.07, 6.45) is 0. The third-order valence-corrected chi connectivity index (χ3v) is 5.83. The van der Waals surface area contributed by atoms with Gasteiger partial charge in [-0.25, -0.2) is 4.98 Å². The minimum absolute atomic E-state index is 0.208. The lowest BCUT2D eigenvalue weighted by Crippen LogP contribution is -2.11. The summed E-state index contributed by atoms with van der Waals surface area (Å²) in [4.78, 5) is 17.3. The van der Waals surface area contributed by atoms with Crippen LogP contribution in [0.2, 0.25) is 10.0 Å². The Bertz CT molecular complexity index is 1490. The van der Waals surface area contributed by atoms with Crippen molar-refractivity contribution in [3.8, 4) is 11.1 Å².